The number of hydrogen-bond donors (Lipinski definition) is 2. The van der Waals surface area contributed by atoms with Gasteiger partial charge in [-0.2, -0.15) is 0 Å². The van der Waals surface area contributed by atoms with Gasteiger partial charge in [-0.15, -0.1) is 0 Å². The van der Waals surface area contributed by atoms with E-state index in [-0.39, 0.29) is 11.1 Å². The second kappa shape index (κ2) is 6.24. The summed E-state index contributed by atoms with van der Waals surface area (Å²) in [6.45, 7) is 2.93. The number of amides is 1. The average molecular weight is 352 g/mol. The van der Waals surface area contributed by atoms with E-state index in [2.05, 4.69) is 0 Å². The molecule has 0 spiro atoms. The molecule has 1 amide bonds. The van der Waals surface area contributed by atoms with E-state index in [1.54, 1.807) is 24.3 Å². The molecular formula is C16H21N2O5P. The van der Waals surface area contributed by atoms with Crippen molar-refractivity contribution < 1.29 is 24.3 Å². The number of benzene rings is 1. The highest BCUT2D eigenvalue weighted by Gasteiger charge is 2.34. The van der Waals surface area contributed by atoms with Crippen LogP contribution in [0.1, 0.15) is 10.5 Å². The second-order valence-corrected chi connectivity index (χ2v) is 9.08. The number of aromatic hydroxyl groups is 2. The van der Waals surface area contributed by atoms with E-state index in [4.69, 9.17) is 4.74 Å². The molecule has 0 aliphatic rings. The minimum atomic E-state index is -3.00. The highest BCUT2D eigenvalue weighted by molar-refractivity contribution is 7.70. The lowest BCUT2D eigenvalue weighted by atomic mass is 10.2. The van der Waals surface area contributed by atoms with Gasteiger partial charge in [-0.05, 0) is 37.6 Å². The molecule has 1 aromatic carbocycles. The maximum Gasteiger partial charge on any atom is 0.274 e. The minimum Gasteiger partial charge on any atom is -0.503 e. The fourth-order valence-electron chi connectivity index (χ4n) is 2.42. The number of nitrogens with zero attached hydrogens (tertiary/aromatic N) is 2. The third-order valence-electron chi connectivity index (χ3n) is 3.55. The Bertz CT molecular complexity index is 818. The smallest absolute Gasteiger partial charge is 0.274 e. The lowest BCUT2D eigenvalue weighted by molar-refractivity contribution is 0.0816. The number of rotatable bonds is 4. The van der Waals surface area contributed by atoms with E-state index in [1.807, 2.05) is 0 Å². The van der Waals surface area contributed by atoms with Gasteiger partial charge in [0.1, 0.15) is 18.3 Å². The van der Waals surface area contributed by atoms with Crippen molar-refractivity contribution in [1.29, 1.82) is 0 Å². The van der Waals surface area contributed by atoms with Crippen LogP contribution in [0.15, 0.2) is 24.3 Å². The standard InChI is InChI=1S/C16H21N2O5P/c1-17(2)15(21)12-13(19)14(20)16(24(4,5)22)18(12)10-6-8-11(23-3)9-7-10/h6-9,19-20H,1-5H3. The Balaban J connectivity index is 2.86. The molecule has 0 saturated heterocycles. The molecule has 7 nitrogen and oxygen atoms in total. The molecule has 2 rings (SSSR count). The van der Waals surface area contributed by atoms with Crippen LogP contribution in [-0.4, -0.2) is 60.1 Å². The van der Waals surface area contributed by atoms with Gasteiger partial charge in [0.15, 0.2) is 17.2 Å². The first-order chi connectivity index (χ1) is 11.1. The van der Waals surface area contributed by atoms with Crippen LogP contribution in [0.4, 0.5) is 0 Å². The first-order valence-corrected chi connectivity index (χ1v) is 9.78. The molecule has 2 N–H and O–H groups in total. The zero-order chi connectivity index (χ0) is 18.2. The molecule has 0 aliphatic carbocycles. The largest absolute Gasteiger partial charge is 0.503 e. The number of aromatic nitrogens is 1. The zero-order valence-electron chi connectivity index (χ0n) is 14.3. The summed E-state index contributed by atoms with van der Waals surface area (Å²) in [5.74, 6) is -1.02. The number of carbonyl (C=O) groups is 1. The van der Waals surface area contributed by atoms with Crippen molar-refractivity contribution in [1.82, 2.24) is 9.47 Å². The van der Waals surface area contributed by atoms with E-state index < -0.39 is 24.5 Å². The van der Waals surface area contributed by atoms with Gasteiger partial charge in [0, 0.05) is 19.8 Å². The Hall–Kier alpha value is -2.40. The van der Waals surface area contributed by atoms with E-state index in [9.17, 15) is 19.6 Å². The monoisotopic (exact) mass is 352 g/mol. The number of carbonyl (C=O) groups excluding carboxylic acids is 1. The van der Waals surface area contributed by atoms with Crippen LogP contribution in [0, 0.1) is 0 Å². The first-order valence-electron chi connectivity index (χ1n) is 7.17. The van der Waals surface area contributed by atoms with Gasteiger partial charge in [0.25, 0.3) is 5.91 Å². The van der Waals surface area contributed by atoms with Crippen LogP contribution in [0.3, 0.4) is 0 Å². The van der Waals surface area contributed by atoms with Gasteiger partial charge >= 0.3 is 0 Å². The van der Waals surface area contributed by atoms with Crippen molar-refractivity contribution in [3.05, 3.63) is 30.0 Å². The minimum absolute atomic E-state index is 0.0235. The molecule has 0 unspecified atom stereocenters. The summed E-state index contributed by atoms with van der Waals surface area (Å²) in [6, 6.07) is 6.66. The highest BCUT2D eigenvalue weighted by atomic mass is 31.2. The van der Waals surface area contributed by atoms with Crippen LogP contribution < -0.4 is 10.2 Å². The van der Waals surface area contributed by atoms with Gasteiger partial charge in [-0.25, -0.2) is 0 Å². The predicted octanol–water partition coefficient (Wildman–Crippen LogP) is 1.85. The van der Waals surface area contributed by atoms with Crippen molar-refractivity contribution in [2.75, 3.05) is 34.5 Å². The predicted molar refractivity (Wildman–Crippen MR) is 92.8 cm³/mol. The Kier molecular flexibility index (Phi) is 4.67. The summed E-state index contributed by atoms with van der Waals surface area (Å²) in [6.07, 6.45) is 0. The number of methoxy groups -OCH3 is 1. The quantitative estimate of drug-likeness (QED) is 0.820. The van der Waals surface area contributed by atoms with Crippen molar-refractivity contribution in [3.63, 3.8) is 0 Å². The molecule has 24 heavy (non-hydrogen) atoms. The van der Waals surface area contributed by atoms with Crippen molar-refractivity contribution >= 4 is 18.5 Å². The summed E-state index contributed by atoms with van der Waals surface area (Å²) in [5, 5.41) is 20.6. The van der Waals surface area contributed by atoms with Gasteiger partial charge in [0.2, 0.25) is 0 Å². The average Bonchev–Trinajstić information content (AvgIpc) is 2.78. The molecule has 0 fully saturated rings. The molecule has 0 radical (unpaired) electrons. The molecule has 1 heterocycles. The maximum atomic E-state index is 12.7. The highest BCUT2D eigenvalue weighted by Crippen LogP contribution is 2.45. The summed E-state index contributed by atoms with van der Waals surface area (Å²) in [5.41, 5.74) is 0.368. The van der Waals surface area contributed by atoms with Gasteiger partial charge in [0.05, 0.1) is 7.11 Å². The molecule has 0 bridgehead atoms. The molecule has 8 heteroatoms. The molecule has 0 aliphatic heterocycles. The molecule has 1 aromatic heterocycles. The fraction of sp³-hybridized carbons (Fsp3) is 0.312. The summed E-state index contributed by atoms with van der Waals surface area (Å²) in [7, 11) is 1.58. The summed E-state index contributed by atoms with van der Waals surface area (Å²) in [4.78, 5) is 13.8. The van der Waals surface area contributed by atoms with E-state index in [0.29, 0.717) is 11.4 Å². The zero-order valence-corrected chi connectivity index (χ0v) is 15.2. The van der Waals surface area contributed by atoms with Crippen LogP contribution in [0.25, 0.3) is 5.69 Å². The summed E-state index contributed by atoms with van der Waals surface area (Å²) >= 11 is 0. The van der Waals surface area contributed by atoms with Crippen molar-refractivity contribution in [2.45, 2.75) is 0 Å². The topological polar surface area (TPSA) is 92.0 Å². The van der Waals surface area contributed by atoms with Crippen LogP contribution >= 0.6 is 7.14 Å². The van der Waals surface area contributed by atoms with Crippen LogP contribution in [0.5, 0.6) is 17.2 Å². The molecule has 0 atom stereocenters. The first kappa shape index (κ1) is 17.9. The van der Waals surface area contributed by atoms with Gasteiger partial charge in [-0.1, -0.05) is 0 Å². The summed E-state index contributed by atoms with van der Waals surface area (Å²) < 4.78 is 19.1. The van der Waals surface area contributed by atoms with Gasteiger partial charge < -0.3 is 24.4 Å². The molecular weight excluding hydrogens is 331 g/mol. The SMILES string of the molecule is COc1ccc(-n2c(C(=O)N(C)C)c(O)c(O)c2P(C)(C)=O)cc1. The second-order valence-electron chi connectivity index (χ2n) is 5.95. The van der Waals surface area contributed by atoms with E-state index >= 15 is 0 Å². The Morgan fingerprint density at radius 3 is 2.08 bits per heavy atom. The Morgan fingerprint density at radius 2 is 1.67 bits per heavy atom. The molecule has 2 aromatic rings. The molecule has 130 valence electrons. The third kappa shape index (κ3) is 2.99. The Morgan fingerprint density at radius 1 is 1.12 bits per heavy atom. The third-order valence-corrected chi connectivity index (χ3v) is 4.98. The van der Waals surface area contributed by atoms with Gasteiger partial charge in [-0.3, -0.25) is 9.36 Å². The normalized spacial score (nSPS) is 11.4. The fourth-order valence-corrected chi connectivity index (χ4v) is 3.74. The van der Waals surface area contributed by atoms with E-state index in [1.165, 1.54) is 44.0 Å². The van der Waals surface area contributed by atoms with Crippen molar-refractivity contribution in [3.8, 4) is 22.9 Å². The van der Waals surface area contributed by atoms with Crippen LogP contribution in [0.2, 0.25) is 0 Å². The lowest BCUT2D eigenvalue weighted by Crippen LogP contribution is -2.27. The van der Waals surface area contributed by atoms with E-state index in [0.717, 1.165) is 0 Å². The lowest BCUT2D eigenvalue weighted by Gasteiger charge is -2.17. The Labute approximate surface area is 140 Å². The van der Waals surface area contributed by atoms with Crippen LogP contribution in [-0.2, 0) is 4.57 Å². The number of ether oxygens (including phenoxy) is 1. The maximum absolute atomic E-state index is 12.7. The molecule has 0 saturated carbocycles. The number of hydrogen-bond acceptors (Lipinski definition) is 5. The van der Waals surface area contributed by atoms with Crippen molar-refractivity contribution in [2.24, 2.45) is 0 Å².